The number of rotatable bonds is 4. The standard InChI is InChI=1S/C15H23ClN4O/c1-10-9-20(2)6-5-14(10)18-8-12-4-3-11(7-13(12)16)15(17)19-21/h3-4,7,10,14,18,21H,5-6,8-9H2,1-2H3,(H2,17,19). The molecule has 6 heteroatoms. The van der Waals surface area contributed by atoms with E-state index in [0.717, 1.165) is 31.6 Å². The van der Waals surface area contributed by atoms with E-state index >= 15 is 0 Å². The number of benzene rings is 1. The van der Waals surface area contributed by atoms with Crippen molar-refractivity contribution in [2.45, 2.75) is 25.9 Å². The summed E-state index contributed by atoms with van der Waals surface area (Å²) in [5.41, 5.74) is 7.21. The van der Waals surface area contributed by atoms with Crippen molar-refractivity contribution in [3.63, 3.8) is 0 Å². The predicted molar refractivity (Wildman–Crippen MR) is 85.9 cm³/mol. The molecule has 0 radical (unpaired) electrons. The molecule has 5 nitrogen and oxygen atoms in total. The Bertz CT molecular complexity index is 520. The first-order valence-electron chi connectivity index (χ1n) is 7.19. The summed E-state index contributed by atoms with van der Waals surface area (Å²) in [6, 6.07) is 5.98. The van der Waals surface area contributed by atoms with Crippen molar-refractivity contribution in [1.29, 1.82) is 0 Å². The van der Waals surface area contributed by atoms with Gasteiger partial charge in [-0.25, -0.2) is 0 Å². The fourth-order valence-corrected chi connectivity index (χ4v) is 3.05. The molecular formula is C15H23ClN4O. The lowest BCUT2D eigenvalue weighted by atomic mass is 9.94. The van der Waals surface area contributed by atoms with Crippen LogP contribution in [0.5, 0.6) is 0 Å². The summed E-state index contributed by atoms with van der Waals surface area (Å²) >= 11 is 6.27. The number of hydrogen-bond donors (Lipinski definition) is 3. The Labute approximate surface area is 130 Å². The van der Waals surface area contributed by atoms with Crippen molar-refractivity contribution >= 4 is 17.4 Å². The van der Waals surface area contributed by atoms with Gasteiger partial charge >= 0.3 is 0 Å². The van der Waals surface area contributed by atoms with Crippen LogP contribution in [-0.4, -0.2) is 42.1 Å². The molecule has 21 heavy (non-hydrogen) atoms. The number of nitrogens with zero attached hydrogens (tertiary/aromatic N) is 2. The van der Waals surface area contributed by atoms with Gasteiger partial charge in [0.05, 0.1) is 0 Å². The normalized spacial score (nSPS) is 24.2. The Morgan fingerprint density at radius 3 is 2.95 bits per heavy atom. The quantitative estimate of drug-likeness (QED) is 0.343. The van der Waals surface area contributed by atoms with Gasteiger partial charge in [-0.1, -0.05) is 35.8 Å². The minimum absolute atomic E-state index is 0.0698. The molecule has 0 aliphatic carbocycles. The number of oxime groups is 1. The lowest BCUT2D eigenvalue weighted by molar-refractivity contribution is 0.174. The molecule has 4 N–H and O–H groups in total. The van der Waals surface area contributed by atoms with Gasteiger partial charge in [0.25, 0.3) is 0 Å². The van der Waals surface area contributed by atoms with Crippen molar-refractivity contribution in [2.75, 3.05) is 20.1 Å². The van der Waals surface area contributed by atoms with Gasteiger partial charge in [0.1, 0.15) is 0 Å². The highest BCUT2D eigenvalue weighted by atomic mass is 35.5. The van der Waals surface area contributed by atoms with Gasteiger partial charge < -0.3 is 21.2 Å². The van der Waals surface area contributed by atoms with Gasteiger partial charge in [0.15, 0.2) is 5.84 Å². The molecule has 1 aliphatic rings. The molecule has 0 amide bonds. The van der Waals surface area contributed by atoms with Gasteiger partial charge in [-0.05, 0) is 37.6 Å². The molecule has 2 rings (SSSR count). The van der Waals surface area contributed by atoms with E-state index in [0.29, 0.717) is 22.5 Å². The second-order valence-electron chi connectivity index (χ2n) is 5.81. The van der Waals surface area contributed by atoms with Crippen molar-refractivity contribution in [1.82, 2.24) is 10.2 Å². The van der Waals surface area contributed by atoms with Crippen molar-refractivity contribution in [3.05, 3.63) is 34.3 Å². The number of nitrogens with two attached hydrogens (primary N) is 1. The summed E-state index contributed by atoms with van der Waals surface area (Å²) in [4.78, 5) is 2.36. The first-order chi connectivity index (χ1) is 10.0. The average Bonchev–Trinajstić information content (AvgIpc) is 2.46. The van der Waals surface area contributed by atoms with E-state index < -0.39 is 0 Å². The number of amidine groups is 1. The summed E-state index contributed by atoms with van der Waals surface area (Å²) < 4.78 is 0. The minimum Gasteiger partial charge on any atom is -0.409 e. The highest BCUT2D eigenvalue weighted by Gasteiger charge is 2.23. The van der Waals surface area contributed by atoms with Gasteiger partial charge in [-0.15, -0.1) is 0 Å². The third kappa shape index (κ3) is 4.09. The van der Waals surface area contributed by atoms with Crippen LogP contribution in [0.15, 0.2) is 23.4 Å². The van der Waals surface area contributed by atoms with E-state index in [1.165, 1.54) is 0 Å². The van der Waals surface area contributed by atoms with Crippen LogP contribution < -0.4 is 11.1 Å². The first-order valence-corrected chi connectivity index (χ1v) is 7.57. The lowest BCUT2D eigenvalue weighted by Crippen LogP contribution is -2.46. The molecule has 0 spiro atoms. The Balaban J connectivity index is 1.97. The Kier molecular flexibility index (Phi) is 5.45. The van der Waals surface area contributed by atoms with Crippen LogP contribution in [0.1, 0.15) is 24.5 Å². The van der Waals surface area contributed by atoms with E-state index in [4.69, 9.17) is 22.5 Å². The second kappa shape index (κ2) is 7.11. The summed E-state index contributed by atoms with van der Waals surface area (Å²) in [6.45, 7) is 5.25. The maximum absolute atomic E-state index is 8.68. The third-order valence-electron chi connectivity index (χ3n) is 4.12. The summed E-state index contributed by atoms with van der Waals surface area (Å²) in [5, 5.41) is 15.9. The summed E-state index contributed by atoms with van der Waals surface area (Å²) in [5.74, 6) is 0.694. The molecule has 1 aromatic carbocycles. The number of likely N-dealkylation sites (tertiary alicyclic amines) is 1. The molecule has 1 aliphatic heterocycles. The topological polar surface area (TPSA) is 73.9 Å². The predicted octanol–water partition coefficient (Wildman–Crippen LogP) is 1.86. The van der Waals surface area contributed by atoms with E-state index in [2.05, 4.69) is 29.3 Å². The van der Waals surface area contributed by atoms with Crippen LogP contribution in [0.2, 0.25) is 5.02 Å². The first kappa shape index (κ1) is 16.1. The molecule has 1 heterocycles. The fraction of sp³-hybridized carbons (Fsp3) is 0.533. The molecule has 0 aromatic heterocycles. The largest absolute Gasteiger partial charge is 0.409 e. The highest BCUT2D eigenvalue weighted by molar-refractivity contribution is 6.31. The van der Waals surface area contributed by atoms with Gasteiger partial charge in [0.2, 0.25) is 0 Å². The third-order valence-corrected chi connectivity index (χ3v) is 4.47. The molecule has 0 bridgehead atoms. The SMILES string of the molecule is CC1CN(C)CCC1NCc1ccc(/C(N)=N/O)cc1Cl. The highest BCUT2D eigenvalue weighted by Crippen LogP contribution is 2.20. The zero-order valence-corrected chi connectivity index (χ0v) is 13.3. The summed E-state index contributed by atoms with van der Waals surface area (Å²) in [7, 11) is 2.16. The molecule has 116 valence electrons. The Hall–Kier alpha value is -1.30. The molecule has 2 unspecified atom stereocenters. The van der Waals surface area contributed by atoms with Gasteiger partial charge in [-0.3, -0.25) is 0 Å². The van der Waals surface area contributed by atoms with Crippen LogP contribution in [0.4, 0.5) is 0 Å². The number of hydrogen-bond acceptors (Lipinski definition) is 4. The van der Waals surface area contributed by atoms with Crippen molar-refractivity contribution in [2.24, 2.45) is 16.8 Å². The van der Waals surface area contributed by atoms with E-state index in [1.54, 1.807) is 6.07 Å². The van der Waals surface area contributed by atoms with Crippen LogP contribution in [0.3, 0.4) is 0 Å². The van der Waals surface area contributed by atoms with E-state index in [-0.39, 0.29) is 5.84 Å². The van der Waals surface area contributed by atoms with Crippen LogP contribution in [0, 0.1) is 5.92 Å². The molecular weight excluding hydrogens is 288 g/mol. The van der Waals surface area contributed by atoms with Crippen LogP contribution in [-0.2, 0) is 6.54 Å². The van der Waals surface area contributed by atoms with E-state index in [1.807, 2.05) is 12.1 Å². The smallest absolute Gasteiger partial charge is 0.170 e. The van der Waals surface area contributed by atoms with Crippen molar-refractivity contribution in [3.8, 4) is 0 Å². The van der Waals surface area contributed by atoms with Crippen molar-refractivity contribution < 1.29 is 5.21 Å². The fourth-order valence-electron chi connectivity index (χ4n) is 2.81. The number of piperidine rings is 1. The van der Waals surface area contributed by atoms with Crippen LogP contribution in [0.25, 0.3) is 0 Å². The average molecular weight is 311 g/mol. The molecule has 1 saturated heterocycles. The van der Waals surface area contributed by atoms with E-state index in [9.17, 15) is 0 Å². The Morgan fingerprint density at radius 1 is 1.57 bits per heavy atom. The molecule has 1 aromatic rings. The minimum atomic E-state index is 0.0698. The van der Waals surface area contributed by atoms with Gasteiger partial charge in [-0.2, -0.15) is 0 Å². The Morgan fingerprint density at radius 2 is 2.33 bits per heavy atom. The van der Waals surface area contributed by atoms with Crippen LogP contribution >= 0.6 is 11.6 Å². The lowest BCUT2D eigenvalue weighted by Gasteiger charge is -2.35. The number of halogens is 1. The summed E-state index contributed by atoms with van der Waals surface area (Å²) in [6.07, 6.45) is 1.15. The zero-order valence-electron chi connectivity index (χ0n) is 12.5. The molecule has 1 fully saturated rings. The number of nitrogens with one attached hydrogen (secondary N) is 1. The van der Waals surface area contributed by atoms with Gasteiger partial charge in [0, 0.05) is 29.7 Å². The monoisotopic (exact) mass is 310 g/mol. The second-order valence-corrected chi connectivity index (χ2v) is 6.21. The maximum atomic E-state index is 8.68. The zero-order chi connectivity index (χ0) is 15.4. The molecule has 0 saturated carbocycles. The maximum Gasteiger partial charge on any atom is 0.170 e. The molecule has 2 atom stereocenters.